The van der Waals surface area contributed by atoms with Crippen molar-refractivity contribution < 1.29 is 28.5 Å². The Morgan fingerprint density at radius 2 is 1.93 bits per heavy atom. The largest absolute Gasteiger partial charge is 0.500 e. The zero-order valence-electron chi connectivity index (χ0n) is 25.2. The number of aliphatic imine (C=N–C) groups is 2. The number of fused-ring (bicyclic) bond motifs is 1. The van der Waals surface area contributed by atoms with Gasteiger partial charge in [0.05, 0.1) is 30.0 Å². The number of allylic oxidation sites excluding steroid dienone is 3. The van der Waals surface area contributed by atoms with Gasteiger partial charge in [-0.15, -0.1) is 0 Å². The van der Waals surface area contributed by atoms with Crippen molar-refractivity contribution in [2.24, 2.45) is 15.4 Å². The van der Waals surface area contributed by atoms with Gasteiger partial charge in [-0.05, 0) is 92.0 Å². The van der Waals surface area contributed by atoms with Crippen LogP contribution in [0.4, 0.5) is 17.6 Å². The maximum absolute atomic E-state index is 15.1. The zero-order valence-corrected chi connectivity index (χ0v) is 25.2. The van der Waals surface area contributed by atoms with Crippen molar-refractivity contribution in [3.8, 4) is 11.3 Å². The van der Waals surface area contributed by atoms with E-state index < -0.39 is 17.4 Å². The summed E-state index contributed by atoms with van der Waals surface area (Å²) >= 11 is 0. The highest BCUT2D eigenvalue weighted by atomic mass is 19.4. The predicted octanol–water partition coefficient (Wildman–Crippen LogP) is 8.36. The van der Waals surface area contributed by atoms with E-state index in [0.717, 1.165) is 36.8 Å². The zero-order chi connectivity index (χ0) is 31.9. The Hall–Kier alpha value is -4.21. The standard InChI is InChI=1S/C34H36F4N4O2.H2/c1-22(15-32(44-4)33(11-12-33)34(36,37)38)14-27(43)17-25-9-10-26(18-28(25)35)31-20-41-29-19-24(23(2)16-30(29)42-31)8-6-5-7-13-40-21-39-3;/h9-10,13,15-16,18-21H,1,5-8,11-12,14,17H2,2-4H3;1H/b32-15-,39-21?,40-13?;. The first-order chi connectivity index (χ1) is 21.0. The number of methoxy groups -OCH3 is 1. The molecule has 0 amide bonds. The number of carbonyl (C=O) groups is 1. The van der Waals surface area contributed by atoms with Crippen LogP contribution < -0.4 is 0 Å². The molecule has 234 valence electrons. The fourth-order valence-electron chi connectivity index (χ4n) is 5.16. The maximum atomic E-state index is 15.1. The van der Waals surface area contributed by atoms with Gasteiger partial charge < -0.3 is 4.74 Å². The molecule has 10 heteroatoms. The molecule has 2 aromatic carbocycles. The molecule has 44 heavy (non-hydrogen) atoms. The number of alkyl halides is 3. The molecular formula is C34H38F4N4O2. The summed E-state index contributed by atoms with van der Waals surface area (Å²) in [6.07, 6.45) is 4.98. The first-order valence-electron chi connectivity index (χ1n) is 14.5. The second-order valence-corrected chi connectivity index (χ2v) is 11.1. The van der Waals surface area contributed by atoms with E-state index in [4.69, 9.17) is 9.72 Å². The van der Waals surface area contributed by atoms with Crippen molar-refractivity contribution in [2.75, 3.05) is 14.2 Å². The van der Waals surface area contributed by atoms with E-state index in [2.05, 4.69) is 21.5 Å². The summed E-state index contributed by atoms with van der Waals surface area (Å²) in [5, 5.41) is 0. The molecule has 0 saturated heterocycles. The number of Topliss-reactive ketones (excluding diaryl/α,β-unsaturated/α-hetero) is 1. The number of aromatic nitrogens is 2. The van der Waals surface area contributed by atoms with E-state index in [0.29, 0.717) is 16.8 Å². The highest BCUT2D eigenvalue weighted by molar-refractivity contribution is 5.84. The Morgan fingerprint density at radius 3 is 2.59 bits per heavy atom. The minimum Gasteiger partial charge on any atom is -0.500 e. The molecule has 0 spiro atoms. The second kappa shape index (κ2) is 14.1. The Balaban J connectivity index is 0.00000552. The maximum Gasteiger partial charge on any atom is 0.401 e. The lowest BCUT2D eigenvalue weighted by molar-refractivity contribution is -0.184. The van der Waals surface area contributed by atoms with Crippen LogP contribution in [0.15, 0.2) is 70.5 Å². The van der Waals surface area contributed by atoms with Crippen molar-refractivity contribution in [3.63, 3.8) is 0 Å². The van der Waals surface area contributed by atoms with Crippen molar-refractivity contribution in [3.05, 3.63) is 83.0 Å². The van der Waals surface area contributed by atoms with Gasteiger partial charge >= 0.3 is 6.18 Å². The van der Waals surface area contributed by atoms with Gasteiger partial charge in [0.15, 0.2) is 0 Å². The van der Waals surface area contributed by atoms with E-state index in [1.807, 2.05) is 25.3 Å². The molecule has 1 heterocycles. The van der Waals surface area contributed by atoms with Gasteiger partial charge in [-0.2, -0.15) is 13.2 Å². The lowest BCUT2D eigenvalue weighted by Crippen LogP contribution is -2.27. The van der Waals surface area contributed by atoms with E-state index in [1.54, 1.807) is 19.3 Å². The smallest absolute Gasteiger partial charge is 0.401 e. The van der Waals surface area contributed by atoms with Crippen LogP contribution in [0.25, 0.3) is 22.3 Å². The van der Waals surface area contributed by atoms with Gasteiger partial charge in [0.2, 0.25) is 0 Å². The van der Waals surface area contributed by atoms with E-state index in [1.165, 1.54) is 37.2 Å². The minimum atomic E-state index is -4.44. The van der Waals surface area contributed by atoms with Crippen molar-refractivity contribution in [1.29, 1.82) is 0 Å². The van der Waals surface area contributed by atoms with Gasteiger partial charge in [-0.25, -0.2) is 14.4 Å². The fraction of sp³-hybridized carbons (Fsp3) is 0.382. The van der Waals surface area contributed by atoms with Crippen LogP contribution in [0.2, 0.25) is 0 Å². The molecule has 1 aromatic heterocycles. The molecule has 3 aromatic rings. The number of hydrogen-bond donors (Lipinski definition) is 0. The fourth-order valence-corrected chi connectivity index (χ4v) is 5.16. The van der Waals surface area contributed by atoms with Crippen LogP contribution in [-0.2, 0) is 22.4 Å². The molecule has 0 radical (unpaired) electrons. The summed E-state index contributed by atoms with van der Waals surface area (Å²) in [5.41, 5.74) is 3.13. The number of hydrogen-bond acceptors (Lipinski definition) is 5. The summed E-state index contributed by atoms with van der Waals surface area (Å²) in [5.74, 6) is -1.20. The molecule has 1 fully saturated rings. The van der Waals surface area contributed by atoms with Gasteiger partial charge in [0, 0.05) is 33.1 Å². The third-order valence-corrected chi connectivity index (χ3v) is 7.80. The van der Waals surface area contributed by atoms with E-state index in [-0.39, 0.29) is 49.8 Å². The summed E-state index contributed by atoms with van der Waals surface area (Å²) in [4.78, 5) is 29.8. The normalized spacial score (nSPS) is 14.9. The number of benzene rings is 2. The van der Waals surface area contributed by atoms with Crippen LogP contribution >= 0.6 is 0 Å². The topological polar surface area (TPSA) is 76.8 Å². The van der Waals surface area contributed by atoms with Gasteiger partial charge in [0.1, 0.15) is 29.1 Å². The third-order valence-electron chi connectivity index (χ3n) is 7.80. The Kier molecular flexibility index (Phi) is 10.4. The monoisotopic (exact) mass is 610 g/mol. The summed E-state index contributed by atoms with van der Waals surface area (Å²) in [6, 6.07) is 8.54. The number of halogens is 4. The number of unbranched alkanes of at least 4 members (excludes halogenated alkanes) is 2. The minimum absolute atomic E-state index is 0. The number of rotatable bonds is 14. The lowest BCUT2D eigenvalue weighted by atomic mass is 9.98. The van der Waals surface area contributed by atoms with Crippen LogP contribution in [0.3, 0.4) is 0 Å². The number of aryl methyl sites for hydroxylation is 2. The number of carbonyl (C=O) groups excluding carboxylic acids is 1. The van der Waals surface area contributed by atoms with Crippen LogP contribution in [0.5, 0.6) is 0 Å². The Labute approximate surface area is 256 Å². The highest BCUT2D eigenvalue weighted by Crippen LogP contribution is 2.62. The van der Waals surface area contributed by atoms with Gasteiger partial charge in [-0.3, -0.25) is 14.8 Å². The molecule has 0 N–H and O–H groups in total. The molecule has 0 aliphatic heterocycles. The Morgan fingerprint density at radius 1 is 1.16 bits per heavy atom. The third kappa shape index (κ3) is 7.84. The first-order valence-corrected chi connectivity index (χ1v) is 14.5. The van der Waals surface area contributed by atoms with Crippen molar-refractivity contribution in [2.45, 2.75) is 64.5 Å². The molecule has 1 saturated carbocycles. The first kappa shape index (κ1) is 32.7. The summed E-state index contributed by atoms with van der Waals surface area (Å²) in [7, 11) is 2.86. The molecule has 0 unspecified atom stereocenters. The molecular weight excluding hydrogens is 572 g/mol. The predicted molar refractivity (Wildman–Crippen MR) is 168 cm³/mol. The molecule has 6 nitrogen and oxygen atoms in total. The molecule has 1 aliphatic rings. The quantitative estimate of drug-likeness (QED) is 0.0459. The number of nitrogens with zero attached hydrogens (tertiary/aromatic N) is 4. The summed E-state index contributed by atoms with van der Waals surface area (Å²) < 4.78 is 60.5. The summed E-state index contributed by atoms with van der Waals surface area (Å²) in [6.45, 7) is 5.77. The van der Waals surface area contributed by atoms with Gasteiger partial charge in [0.25, 0.3) is 0 Å². The lowest BCUT2D eigenvalue weighted by Gasteiger charge is -2.21. The SMILES string of the molecule is C=C(/C=C(\OC)C1(C(F)(F)F)CC1)CC(=O)Cc1ccc(-c2cnc3cc(CCCCC=NC=NC)c(C)cc3n2)cc1F.[HH]. The number of ether oxygens (including phenoxy) is 1. The highest BCUT2D eigenvalue weighted by Gasteiger charge is 2.66. The molecule has 1 aliphatic carbocycles. The number of ketones is 1. The van der Waals surface area contributed by atoms with Crippen LogP contribution in [0.1, 0.15) is 56.6 Å². The van der Waals surface area contributed by atoms with E-state index in [9.17, 15) is 18.0 Å². The van der Waals surface area contributed by atoms with E-state index >= 15 is 4.39 Å². The van der Waals surface area contributed by atoms with Crippen LogP contribution in [-0.4, -0.2) is 48.6 Å². The molecule has 4 rings (SSSR count). The van der Waals surface area contributed by atoms with Crippen LogP contribution in [0, 0.1) is 18.2 Å². The average molecular weight is 611 g/mol. The second-order valence-electron chi connectivity index (χ2n) is 11.1. The molecule has 0 atom stereocenters. The average Bonchev–Trinajstić information content (AvgIpc) is 3.79. The van der Waals surface area contributed by atoms with Crippen molar-refractivity contribution in [1.82, 2.24) is 9.97 Å². The van der Waals surface area contributed by atoms with Gasteiger partial charge in [-0.1, -0.05) is 18.7 Å². The Bertz CT molecular complexity index is 1630. The molecule has 0 bridgehead atoms. The van der Waals surface area contributed by atoms with Crippen molar-refractivity contribution >= 4 is 29.4 Å².